The zero-order valence-corrected chi connectivity index (χ0v) is 7.57. The maximum Gasteiger partial charge on any atom is 0.333 e. The Kier molecular flexibility index (Phi) is 3.83. The van der Waals surface area contributed by atoms with Gasteiger partial charge < -0.3 is 10.8 Å². The van der Waals surface area contributed by atoms with Crippen molar-refractivity contribution in [3.8, 4) is 0 Å². The van der Waals surface area contributed by atoms with Crippen LogP contribution in [-0.2, 0) is 9.59 Å². The SMILES string of the molecule is CC(C)CC(N)(C(=O)O)C(=O)NO. The molecule has 0 aromatic carbocycles. The summed E-state index contributed by atoms with van der Waals surface area (Å²) < 4.78 is 0. The third-order valence-corrected chi connectivity index (χ3v) is 1.62. The quantitative estimate of drug-likeness (QED) is 0.266. The molecule has 0 radical (unpaired) electrons. The number of carbonyl (C=O) groups excluding carboxylic acids is 1. The molecule has 0 aromatic heterocycles. The van der Waals surface area contributed by atoms with E-state index < -0.39 is 17.4 Å². The van der Waals surface area contributed by atoms with Crippen molar-refractivity contribution in [2.75, 3.05) is 0 Å². The fraction of sp³-hybridized carbons (Fsp3) is 0.714. The van der Waals surface area contributed by atoms with Crippen LogP contribution in [0.25, 0.3) is 0 Å². The van der Waals surface area contributed by atoms with Crippen molar-refractivity contribution in [2.45, 2.75) is 25.8 Å². The van der Waals surface area contributed by atoms with Crippen molar-refractivity contribution in [1.29, 1.82) is 0 Å². The van der Waals surface area contributed by atoms with E-state index in [0.29, 0.717) is 0 Å². The molecule has 5 N–H and O–H groups in total. The molecule has 6 nitrogen and oxygen atoms in total. The van der Waals surface area contributed by atoms with Gasteiger partial charge in [0.15, 0.2) is 5.54 Å². The lowest BCUT2D eigenvalue weighted by molar-refractivity contribution is -0.153. The number of amides is 1. The summed E-state index contributed by atoms with van der Waals surface area (Å²) in [4.78, 5) is 21.6. The fourth-order valence-corrected chi connectivity index (χ4v) is 1.02. The van der Waals surface area contributed by atoms with Gasteiger partial charge in [-0.25, -0.2) is 10.3 Å². The predicted molar refractivity (Wildman–Crippen MR) is 43.9 cm³/mol. The van der Waals surface area contributed by atoms with E-state index in [1.165, 1.54) is 5.48 Å². The standard InChI is InChI=1S/C7H14N2O4/c1-4(2)3-7(8,6(11)12)5(10)9-13/h4,13H,3,8H2,1-2H3,(H,9,10)(H,11,12). The van der Waals surface area contributed by atoms with E-state index in [1.54, 1.807) is 13.8 Å². The first-order valence-electron chi connectivity index (χ1n) is 3.81. The molecule has 0 spiro atoms. The van der Waals surface area contributed by atoms with Crippen LogP contribution < -0.4 is 11.2 Å². The second-order valence-electron chi connectivity index (χ2n) is 3.32. The Labute approximate surface area is 75.7 Å². The van der Waals surface area contributed by atoms with E-state index >= 15 is 0 Å². The topological polar surface area (TPSA) is 113 Å². The van der Waals surface area contributed by atoms with E-state index in [9.17, 15) is 9.59 Å². The number of hydroxylamine groups is 1. The average molecular weight is 190 g/mol. The molecular formula is C7H14N2O4. The van der Waals surface area contributed by atoms with E-state index in [0.717, 1.165) is 0 Å². The second kappa shape index (κ2) is 4.20. The van der Waals surface area contributed by atoms with Crippen LogP contribution >= 0.6 is 0 Å². The van der Waals surface area contributed by atoms with Gasteiger partial charge in [0, 0.05) is 0 Å². The Morgan fingerprint density at radius 1 is 1.54 bits per heavy atom. The number of rotatable bonds is 4. The molecule has 0 saturated heterocycles. The molecule has 0 aliphatic heterocycles. The van der Waals surface area contributed by atoms with Crippen LogP contribution in [0, 0.1) is 5.92 Å². The Bertz CT molecular complexity index is 217. The summed E-state index contributed by atoms with van der Waals surface area (Å²) in [7, 11) is 0. The Hall–Kier alpha value is -1.14. The minimum absolute atomic E-state index is 0.0330. The minimum Gasteiger partial charge on any atom is -0.479 e. The number of carboxylic acid groups (broad SMARTS) is 1. The molecule has 0 aromatic rings. The van der Waals surface area contributed by atoms with Crippen LogP contribution in [0.1, 0.15) is 20.3 Å². The minimum atomic E-state index is -2.05. The molecule has 1 unspecified atom stereocenters. The van der Waals surface area contributed by atoms with Crippen LogP contribution in [0.15, 0.2) is 0 Å². The Morgan fingerprint density at radius 2 is 2.00 bits per heavy atom. The van der Waals surface area contributed by atoms with Gasteiger partial charge in [-0.05, 0) is 12.3 Å². The molecule has 6 heteroatoms. The van der Waals surface area contributed by atoms with E-state index in [4.69, 9.17) is 16.0 Å². The molecule has 0 bridgehead atoms. The number of hydrogen-bond acceptors (Lipinski definition) is 4. The number of hydrogen-bond donors (Lipinski definition) is 4. The molecule has 0 aliphatic rings. The van der Waals surface area contributed by atoms with Crippen molar-refractivity contribution in [1.82, 2.24) is 5.48 Å². The lowest BCUT2D eigenvalue weighted by Crippen LogP contribution is -2.59. The van der Waals surface area contributed by atoms with Gasteiger partial charge >= 0.3 is 5.97 Å². The number of carbonyl (C=O) groups is 2. The zero-order valence-electron chi connectivity index (χ0n) is 7.57. The Morgan fingerprint density at radius 3 is 2.23 bits per heavy atom. The first-order chi connectivity index (χ1) is 5.84. The summed E-state index contributed by atoms with van der Waals surface area (Å²) in [5.74, 6) is -2.61. The molecule has 0 saturated carbocycles. The second-order valence-corrected chi connectivity index (χ2v) is 3.32. The highest BCUT2D eigenvalue weighted by Gasteiger charge is 2.42. The summed E-state index contributed by atoms with van der Waals surface area (Å²) in [6, 6.07) is 0. The van der Waals surface area contributed by atoms with Crippen LogP contribution in [0.4, 0.5) is 0 Å². The summed E-state index contributed by atoms with van der Waals surface area (Å²) in [6.45, 7) is 3.46. The normalized spacial score (nSPS) is 15.2. The van der Waals surface area contributed by atoms with Crippen LogP contribution in [-0.4, -0.2) is 27.7 Å². The van der Waals surface area contributed by atoms with E-state index in [2.05, 4.69) is 0 Å². The molecule has 1 atom stereocenters. The first-order valence-corrected chi connectivity index (χ1v) is 3.81. The highest BCUT2D eigenvalue weighted by molar-refractivity contribution is 6.05. The third-order valence-electron chi connectivity index (χ3n) is 1.62. The average Bonchev–Trinajstić information content (AvgIpc) is 2.01. The molecular weight excluding hydrogens is 176 g/mol. The molecule has 0 aliphatic carbocycles. The predicted octanol–water partition coefficient (Wildman–Crippen LogP) is -0.680. The molecule has 76 valence electrons. The third kappa shape index (κ3) is 2.67. The van der Waals surface area contributed by atoms with Gasteiger partial charge in [-0.3, -0.25) is 10.0 Å². The Balaban J connectivity index is 4.73. The van der Waals surface area contributed by atoms with Gasteiger partial charge in [0.2, 0.25) is 0 Å². The van der Waals surface area contributed by atoms with Gasteiger partial charge in [-0.15, -0.1) is 0 Å². The summed E-state index contributed by atoms with van der Waals surface area (Å²) in [5.41, 5.74) is 4.52. The highest BCUT2D eigenvalue weighted by atomic mass is 16.5. The molecule has 0 fully saturated rings. The molecule has 13 heavy (non-hydrogen) atoms. The van der Waals surface area contributed by atoms with Gasteiger partial charge in [0.25, 0.3) is 5.91 Å². The summed E-state index contributed by atoms with van der Waals surface area (Å²) in [5, 5.41) is 17.0. The van der Waals surface area contributed by atoms with Gasteiger partial charge in [0.1, 0.15) is 0 Å². The molecule has 0 heterocycles. The summed E-state index contributed by atoms with van der Waals surface area (Å²) >= 11 is 0. The largest absolute Gasteiger partial charge is 0.479 e. The fourth-order valence-electron chi connectivity index (χ4n) is 1.02. The van der Waals surface area contributed by atoms with Crippen LogP contribution in [0.3, 0.4) is 0 Å². The monoisotopic (exact) mass is 190 g/mol. The van der Waals surface area contributed by atoms with Crippen molar-refractivity contribution in [2.24, 2.45) is 11.7 Å². The lowest BCUT2D eigenvalue weighted by atomic mass is 9.89. The zero-order chi connectivity index (χ0) is 10.6. The number of nitrogens with one attached hydrogen (secondary N) is 1. The number of carboxylic acids is 1. The van der Waals surface area contributed by atoms with Crippen LogP contribution in [0.5, 0.6) is 0 Å². The van der Waals surface area contributed by atoms with E-state index in [-0.39, 0.29) is 12.3 Å². The smallest absolute Gasteiger partial charge is 0.333 e. The molecule has 1 amide bonds. The van der Waals surface area contributed by atoms with Gasteiger partial charge in [0.05, 0.1) is 0 Å². The van der Waals surface area contributed by atoms with E-state index in [1.807, 2.05) is 0 Å². The molecule has 0 rings (SSSR count). The maximum atomic E-state index is 10.9. The van der Waals surface area contributed by atoms with Crippen molar-refractivity contribution in [3.63, 3.8) is 0 Å². The highest BCUT2D eigenvalue weighted by Crippen LogP contribution is 2.14. The lowest BCUT2D eigenvalue weighted by Gasteiger charge is -2.23. The maximum absolute atomic E-state index is 10.9. The van der Waals surface area contributed by atoms with Crippen molar-refractivity contribution >= 4 is 11.9 Å². The van der Waals surface area contributed by atoms with Crippen LogP contribution in [0.2, 0.25) is 0 Å². The summed E-state index contributed by atoms with van der Waals surface area (Å²) in [6.07, 6.45) is -0.0330. The first kappa shape index (κ1) is 11.9. The number of nitrogens with two attached hydrogens (primary N) is 1. The van der Waals surface area contributed by atoms with Gasteiger partial charge in [-0.1, -0.05) is 13.8 Å². The van der Waals surface area contributed by atoms with Crippen molar-refractivity contribution < 1.29 is 19.9 Å². The van der Waals surface area contributed by atoms with Gasteiger partial charge in [-0.2, -0.15) is 0 Å². The number of aliphatic carboxylic acids is 1. The van der Waals surface area contributed by atoms with Crippen molar-refractivity contribution in [3.05, 3.63) is 0 Å².